The number of rotatable bonds is 4. The number of nitro benzene ring substituents is 1. The maximum atomic E-state index is 12.3. The van der Waals surface area contributed by atoms with Crippen molar-refractivity contribution in [3.05, 3.63) is 64.7 Å². The van der Waals surface area contributed by atoms with Gasteiger partial charge in [0.25, 0.3) is 5.69 Å². The number of nitro groups is 1. The molecule has 9 heteroatoms. The van der Waals surface area contributed by atoms with E-state index in [1.807, 2.05) is 0 Å². The number of amides is 2. The quantitative estimate of drug-likeness (QED) is 0.362. The van der Waals surface area contributed by atoms with Crippen molar-refractivity contribution in [1.82, 2.24) is 0 Å². The van der Waals surface area contributed by atoms with E-state index in [9.17, 15) is 24.8 Å². The van der Waals surface area contributed by atoms with Gasteiger partial charge in [-0.3, -0.25) is 19.7 Å². The molecule has 0 aromatic heterocycles. The Labute approximate surface area is 158 Å². The van der Waals surface area contributed by atoms with Gasteiger partial charge in [0, 0.05) is 28.6 Å². The third-order valence-corrected chi connectivity index (χ3v) is 4.00. The highest BCUT2D eigenvalue weighted by atomic mass is 16.6. The van der Waals surface area contributed by atoms with E-state index in [4.69, 9.17) is 4.74 Å². The number of fused-ring (bicyclic) bond motifs is 1. The molecule has 9 nitrogen and oxygen atoms in total. The summed E-state index contributed by atoms with van der Waals surface area (Å²) in [4.78, 5) is 34.9. The summed E-state index contributed by atoms with van der Waals surface area (Å²) in [6, 6.07) is 13.3. The molecule has 0 atom stereocenters. The minimum atomic E-state index is -1.03. The van der Waals surface area contributed by atoms with Gasteiger partial charge in [-0.2, -0.15) is 0 Å². The van der Waals surface area contributed by atoms with Crippen molar-refractivity contribution in [1.29, 1.82) is 0 Å². The molecular formula is C19H15N3O6. The minimum absolute atomic E-state index is 0.00702. The van der Waals surface area contributed by atoms with E-state index in [0.717, 1.165) is 6.07 Å². The lowest BCUT2D eigenvalue weighted by Gasteiger charge is -2.11. The number of non-ortho nitro benzene ring substituents is 1. The molecule has 0 heterocycles. The number of phenolic OH excluding ortho intramolecular Hbond substituents is 1. The number of carbonyl (C=O) groups excluding carboxylic acids is 2. The molecule has 0 aliphatic heterocycles. The highest BCUT2D eigenvalue weighted by Crippen LogP contribution is 2.31. The molecule has 28 heavy (non-hydrogen) atoms. The second-order valence-electron chi connectivity index (χ2n) is 5.73. The molecule has 0 aliphatic carbocycles. The van der Waals surface area contributed by atoms with Gasteiger partial charge in [0.2, 0.25) is 0 Å². The fourth-order valence-electron chi connectivity index (χ4n) is 2.67. The van der Waals surface area contributed by atoms with E-state index in [1.54, 1.807) is 30.3 Å². The van der Waals surface area contributed by atoms with Crippen LogP contribution in [0.1, 0.15) is 0 Å². The number of methoxy groups -OCH3 is 1. The highest BCUT2D eigenvalue weighted by Gasteiger charge is 2.19. The molecule has 0 spiro atoms. The van der Waals surface area contributed by atoms with Crippen LogP contribution in [0.5, 0.6) is 11.5 Å². The van der Waals surface area contributed by atoms with Crippen LogP contribution in [-0.2, 0) is 9.59 Å². The topological polar surface area (TPSA) is 131 Å². The zero-order chi connectivity index (χ0) is 20.3. The predicted molar refractivity (Wildman–Crippen MR) is 103 cm³/mol. The highest BCUT2D eigenvalue weighted by molar-refractivity contribution is 6.44. The molecule has 0 aliphatic rings. The number of anilines is 2. The second-order valence-corrected chi connectivity index (χ2v) is 5.73. The molecule has 0 saturated heterocycles. The van der Waals surface area contributed by atoms with Gasteiger partial charge in [0.15, 0.2) is 0 Å². The largest absolute Gasteiger partial charge is 0.507 e. The lowest BCUT2D eigenvalue weighted by molar-refractivity contribution is -0.384. The van der Waals surface area contributed by atoms with E-state index in [-0.39, 0.29) is 22.9 Å². The van der Waals surface area contributed by atoms with Crippen LogP contribution in [0.2, 0.25) is 0 Å². The first-order chi connectivity index (χ1) is 13.4. The van der Waals surface area contributed by atoms with Gasteiger partial charge in [-0.25, -0.2) is 0 Å². The molecule has 0 saturated carbocycles. The summed E-state index contributed by atoms with van der Waals surface area (Å²) < 4.78 is 5.05. The zero-order valence-corrected chi connectivity index (χ0v) is 14.6. The Kier molecular flexibility index (Phi) is 5.07. The molecular weight excluding hydrogens is 366 g/mol. The average molecular weight is 381 g/mol. The molecule has 0 unspecified atom stereocenters. The Morgan fingerprint density at radius 2 is 1.61 bits per heavy atom. The van der Waals surface area contributed by atoms with E-state index in [1.165, 1.54) is 25.3 Å². The molecule has 3 N–H and O–H groups in total. The Balaban J connectivity index is 1.83. The number of phenols is 1. The third-order valence-electron chi connectivity index (χ3n) is 4.00. The molecule has 0 radical (unpaired) electrons. The first-order valence-corrected chi connectivity index (χ1v) is 8.06. The van der Waals surface area contributed by atoms with Crippen LogP contribution in [0.25, 0.3) is 10.8 Å². The normalized spacial score (nSPS) is 10.3. The van der Waals surface area contributed by atoms with Crippen molar-refractivity contribution >= 4 is 39.6 Å². The van der Waals surface area contributed by atoms with E-state index in [2.05, 4.69) is 10.6 Å². The summed E-state index contributed by atoms with van der Waals surface area (Å²) in [5.74, 6) is -1.80. The second kappa shape index (κ2) is 7.62. The van der Waals surface area contributed by atoms with Gasteiger partial charge in [0.1, 0.15) is 11.5 Å². The van der Waals surface area contributed by atoms with Crippen LogP contribution in [0.3, 0.4) is 0 Å². The standard InChI is InChI=1S/C19H15N3O6/c1-28-17-9-8-11(22(26)27)10-15(17)21-19(25)18(24)20-14-6-2-5-13-12(14)4-3-7-16(13)23/h2-10,23H,1H3,(H,20,24)(H,21,25). The first kappa shape index (κ1) is 18.6. The van der Waals surface area contributed by atoms with Crippen molar-refractivity contribution in [2.75, 3.05) is 17.7 Å². The Bertz CT molecular complexity index is 1100. The molecule has 142 valence electrons. The van der Waals surface area contributed by atoms with Gasteiger partial charge in [-0.05, 0) is 18.2 Å². The number of hydrogen-bond acceptors (Lipinski definition) is 6. The van der Waals surface area contributed by atoms with Crippen molar-refractivity contribution in [2.45, 2.75) is 0 Å². The Morgan fingerprint density at radius 1 is 0.964 bits per heavy atom. The number of aromatic hydroxyl groups is 1. The van der Waals surface area contributed by atoms with Crippen LogP contribution >= 0.6 is 0 Å². The maximum absolute atomic E-state index is 12.3. The Morgan fingerprint density at radius 3 is 2.29 bits per heavy atom. The maximum Gasteiger partial charge on any atom is 0.314 e. The van der Waals surface area contributed by atoms with E-state index >= 15 is 0 Å². The van der Waals surface area contributed by atoms with Crippen LogP contribution in [-0.4, -0.2) is 29.0 Å². The molecule has 0 bridgehead atoms. The monoisotopic (exact) mass is 381 g/mol. The smallest absolute Gasteiger partial charge is 0.314 e. The van der Waals surface area contributed by atoms with Gasteiger partial charge in [0.05, 0.1) is 17.7 Å². The van der Waals surface area contributed by atoms with Crippen molar-refractivity contribution < 1.29 is 24.4 Å². The molecule has 2 amide bonds. The fraction of sp³-hybridized carbons (Fsp3) is 0.0526. The number of nitrogens with zero attached hydrogens (tertiary/aromatic N) is 1. The van der Waals surface area contributed by atoms with Crippen LogP contribution in [0.4, 0.5) is 17.1 Å². The van der Waals surface area contributed by atoms with E-state index < -0.39 is 16.7 Å². The van der Waals surface area contributed by atoms with E-state index in [0.29, 0.717) is 16.5 Å². The van der Waals surface area contributed by atoms with Gasteiger partial charge < -0.3 is 20.5 Å². The lowest BCUT2D eigenvalue weighted by atomic mass is 10.1. The fourth-order valence-corrected chi connectivity index (χ4v) is 2.67. The lowest BCUT2D eigenvalue weighted by Crippen LogP contribution is -2.29. The molecule has 0 fully saturated rings. The van der Waals surface area contributed by atoms with Crippen molar-refractivity contribution in [2.24, 2.45) is 0 Å². The molecule has 3 aromatic rings. The summed E-state index contributed by atoms with van der Waals surface area (Å²) in [7, 11) is 1.33. The summed E-state index contributed by atoms with van der Waals surface area (Å²) in [6.07, 6.45) is 0. The average Bonchev–Trinajstić information content (AvgIpc) is 2.68. The van der Waals surface area contributed by atoms with Crippen molar-refractivity contribution in [3.63, 3.8) is 0 Å². The van der Waals surface area contributed by atoms with Crippen molar-refractivity contribution in [3.8, 4) is 11.5 Å². The first-order valence-electron chi connectivity index (χ1n) is 8.06. The number of benzene rings is 3. The minimum Gasteiger partial charge on any atom is -0.507 e. The summed E-state index contributed by atoms with van der Waals surface area (Å²) in [5.41, 5.74) is 0.0630. The van der Waals surface area contributed by atoms with Gasteiger partial charge >= 0.3 is 11.8 Å². The summed E-state index contributed by atoms with van der Waals surface area (Å²) >= 11 is 0. The molecule has 3 aromatic carbocycles. The predicted octanol–water partition coefficient (Wildman–Crippen LogP) is 3.04. The summed E-state index contributed by atoms with van der Waals surface area (Å²) in [6.45, 7) is 0. The number of carbonyl (C=O) groups is 2. The number of nitrogens with one attached hydrogen (secondary N) is 2. The van der Waals surface area contributed by atoms with Crippen LogP contribution in [0.15, 0.2) is 54.6 Å². The van der Waals surface area contributed by atoms with Crippen LogP contribution in [0, 0.1) is 10.1 Å². The van der Waals surface area contributed by atoms with Crippen LogP contribution < -0.4 is 15.4 Å². The zero-order valence-electron chi connectivity index (χ0n) is 14.6. The SMILES string of the molecule is COc1ccc([N+](=O)[O-])cc1NC(=O)C(=O)Nc1cccc2c(O)cccc12. The van der Waals surface area contributed by atoms with Gasteiger partial charge in [-0.15, -0.1) is 0 Å². The Hall–Kier alpha value is -4.14. The number of ether oxygens (including phenoxy) is 1. The number of hydrogen-bond donors (Lipinski definition) is 3. The molecule has 3 rings (SSSR count). The third kappa shape index (κ3) is 3.68. The van der Waals surface area contributed by atoms with Gasteiger partial charge in [-0.1, -0.05) is 24.3 Å². The summed E-state index contributed by atoms with van der Waals surface area (Å²) in [5, 5.41) is 26.7.